The second kappa shape index (κ2) is 4.42. The summed E-state index contributed by atoms with van der Waals surface area (Å²) in [6.45, 7) is 1.99. The monoisotopic (exact) mass is 184 g/mol. The Hall–Kier alpha value is -0.830. The first-order chi connectivity index (χ1) is 6.13. The van der Waals surface area contributed by atoms with E-state index in [1.54, 1.807) is 0 Å². The third-order valence-corrected chi connectivity index (χ3v) is 2.46. The van der Waals surface area contributed by atoms with Crippen molar-refractivity contribution in [3.05, 3.63) is 11.6 Å². The summed E-state index contributed by atoms with van der Waals surface area (Å²) in [5.41, 5.74) is 1.18. The van der Waals surface area contributed by atoms with Crippen LogP contribution in [0.25, 0.3) is 0 Å². The van der Waals surface area contributed by atoms with Gasteiger partial charge in [-0.15, -0.1) is 0 Å². The number of hydrogen-bond donors (Lipinski definition) is 1. The molecule has 0 amide bonds. The Morgan fingerprint density at radius 1 is 1.85 bits per heavy atom. The fourth-order valence-corrected chi connectivity index (χ4v) is 1.59. The molecule has 74 valence electrons. The molecule has 1 aliphatic carbocycles. The van der Waals surface area contributed by atoms with Gasteiger partial charge >= 0.3 is 5.97 Å². The molecule has 0 saturated carbocycles. The van der Waals surface area contributed by atoms with Crippen LogP contribution in [0.3, 0.4) is 0 Å². The molecule has 0 radical (unpaired) electrons. The maximum atomic E-state index is 10.9. The van der Waals surface area contributed by atoms with Gasteiger partial charge in [-0.1, -0.05) is 18.6 Å². The molecule has 0 bridgehead atoms. The normalized spacial score (nSPS) is 23.9. The van der Waals surface area contributed by atoms with E-state index in [0.717, 1.165) is 6.42 Å². The molecular formula is C10H16O3. The van der Waals surface area contributed by atoms with E-state index in [0.29, 0.717) is 12.8 Å². The van der Waals surface area contributed by atoms with Crippen LogP contribution in [0.15, 0.2) is 11.6 Å². The molecule has 0 spiro atoms. The average molecular weight is 184 g/mol. The SMILES string of the molecule is COC(=O)CC(C)C1=CCC(O)C1. The molecule has 0 aromatic carbocycles. The van der Waals surface area contributed by atoms with Crippen LogP contribution in [0.2, 0.25) is 0 Å². The summed E-state index contributed by atoms with van der Waals surface area (Å²) in [5.74, 6) is 0.0133. The highest BCUT2D eigenvalue weighted by atomic mass is 16.5. The fourth-order valence-electron chi connectivity index (χ4n) is 1.59. The van der Waals surface area contributed by atoms with Gasteiger partial charge in [0, 0.05) is 0 Å². The highest BCUT2D eigenvalue weighted by Gasteiger charge is 2.20. The number of aliphatic hydroxyl groups is 1. The number of methoxy groups -OCH3 is 1. The molecule has 0 heterocycles. The zero-order valence-electron chi connectivity index (χ0n) is 8.12. The number of ether oxygens (including phenoxy) is 1. The number of carbonyl (C=O) groups is 1. The summed E-state index contributed by atoms with van der Waals surface area (Å²) in [6.07, 6.45) is 3.63. The first-order valence-electron chi connectivity index (χ1n) is 4.57. The van der Waals surface area contributed by atoms with Gasteiger partial charge in [0.2, 0.25) is 0 Å². The van der Waals surface area contributed by atoms with Gasteiger partial charge in [0.1, 0.15) is 0 Å². The van der Waals surface area contributed by atoms with Crippen LogP contribution in [0.4, 0.5) is 0 Å². The van der Waals surface area contributed by atoms with E-state index >= 15 is 0 Å². The fraction of sp³-hybridized carbons (Fsp3) is 0.700. The van der Waals surface area contributed by atoms with Crippen molar-refractivity contribution >= 4 is 5.97 Å². The van der Waals surface area contributed by atoms with Crippen molar-refractivity contribution in [2.24, 2.45) is 5.92 Å². The molecule has 0 saturated heterocycles. The van der Waals surface area contributed by atoms with Gasteiger partial charge in [0.25, 0.3) is 0 Å². The van der Waals surface area contributed by atoms with E-state index in [1.165, 1.54) is 12.7 Å². The van der Waals surface area contributed by atoms with Gasteiger partial charge in [-0.25, -0.2) is 0 Å². The zero-order chi connectivity index (χ0) is 9.84. The van der Waals surface area contributed by atoms with Crippen molar-refractivity contribution in [2.45, 2.75) is 32.3 Å². The Kier molecular flexibility index (Phi) is 3.48. The molecule has 0 aliphatic heterocycles. The van der Waals surface area contributed by atoms with E-state index in [4.69, 9.17) is 0 Å². The number of esters is 1. The molecule has 1 aliphatic rings. The van der Waals surface area contributed by atoms with Crippen molar-refractivity contribution < 1.29 is 14.6 Å². The number of hydrogen-bond acceptors (Lipinski definition) is 3. The molecule has 3 heteroatoms. The molecule has 0 fully saturated rings. The molecule has 0 aromatic rings. The van der Waals surface area contributed by atoms with Crippen LogP contribution in [0.1, 0.15) is 26.2 Å². The lowest BCUT2D eigenvalue weighted by Crippen LogP contribution is -2.10. The maximum absolute atomic E-state index is 10.9. The van der Waals surface area contributed by atoms with Crippen molar-refractivity contribution in [1.82, 2.24) is 0 Å². The van der Waals surface area contributed by atoms with Gasteiger partial charge in [-0.3, -0.25) is 4.79 Å². The lowest BCUT2D eigenvalue weighted by Gasteiger charge is -2.11. The Morgan fingerprint density at radius 2 is 2.54 bits per heavy atom. The second-order valence-corrected chi connectivity index (χ2v) is 3.55. The lowest BCUT2D eigenvalue weighted by molar-refractivity contribution is -0.141. The van der Waals surface area contributed by atoms with E-state index < -0.39 is 0 Å². The van der Waals surface area contributed by atoms with Crippen LogP contribution in [0, 0.1) is 5.92 Å². The van der Waals surface area contributed by atoms with Crippen molar-refractivity contribution in [1.29, 1.82) is 0 Å². The van der Waals surface area contributed by atoms with Crippen molar-refractivity contribution in [3.8, 4) is 0 Å². The third kappa shape index (κ3) is 2.84. The molecule has 1 N–H and O–H groups in total. The standard InChI is InChI=1S/C10H16O3/c1-7(5-10(12)13-2)8-3-4-9(11)6-8/h3,7,9,11H,4-6H2,1-2H3. The van der Waals surface area contributed by atoms with Crippen LogP contribution >= 0.6 is 0 Å². The summed E-state index contributed by atoms with van der Waals surface area (Å²) in [5, 5.41) is 9.27. The predicted octanol–water partition coefficient (Wildman–Crippen LogP) is 1.27. The summed E-state index contributed by atoms with van der Waals surface area (Å²) in [7, 11) is 1.40. The molecule has 3 nitrogen and oxygen atoms in total. The largest absolute Gasteiger partial charge is 0.469 e. The summed E-state index contributed by atoms with van der Waals surface area (Å²) in [6, 6.07) is 0. The first kappa shape index (κ1) is 10.3. The Labute approximate surface area is 78.4 Å². The van der Waals surface area contributed by atoms with Gasteiger partial charge < -0.3 is 9.84 Å². The van der Waals surface area contributed by atoms with Crippen molar-refractivity contribution in [3.63, 3.8) is 0 Å². The first-order valence-corrected chi connectivity index (χ1v) is 4.57. The van der Waals surface area contributed by atoms with E-state index in [9.17, 15) is 9.90 Å². The molecule has 1 rings (SSSR count). The Morgan fingerprint density at radius 3 is 3.00 bits per heavy atom. The summed E-state index contributed by atoms with van der Waals surface area (Å²) in [4.78, 5) is 10.9. The van der Waals surface area contributed by atoms with Gasteiger partial charge in [0.15, 0.2) is 0 Å². The number of aliphatic hydroxyl groups excluding tert-OH is 1. The molecular weight excluding hydrogens is 168 g/mol. The highest BCUT2D eigenvalue weighted by Crippen LogP contribution is 2.27. The topological polar surface area (TPSA) is 46.5 Å². The van der Waals surface area contributed by atoms with E-state index in [-0.39, 0.29) is 18.0 Å². The minimum absolute atomic E-state index is 0.185. The lowest BCUT2D eigenvalue weighted by atomic mass is 9.97. The van der Waals surface area contributed by atoms with Crippen LogP contribution in [-0.4, -0.2) is 24.3 Å². The van der Waals surface area contributed by atoms with Crippen LogP contribution in [-0.2, 0) is 9.53 Å². The Bertz CT molecular complexity index is 220. The second-order valence-electron chi connectivity index (χ2n) is 3.55. The van der Waals surface area contributed by atoms with Gasteiger partial charge in [-0.05, 0) is 18.8 Å². The Balaban J connectivity index is 2.40. The summed E-state index contributed by atoms with van der Waals surface area (Å²) >= 11 is 0. The predicted molar refractivity (Wildman–Crippen MR) is 49.1 cm³/mol. The zero-order valence-corrected chi connectivity index (χ0v) is 8.12. The number of carbonyl (C=O) groups excluding carboxylic acids is 1. The van der Waals surface area contributed by atoms with E-state index in [1.807, 2.05) is 13.0 Å². The van der Waals surface area contributed by atoms with Gasteiger partial charge in [-0.2, -0.15) is 0 Å². The molecule has 2 unspecified atom stereocenters. The highest BCUT2D eigenvalue weighted by molar-refractivity contribution is 5.69. The molecule has 13 heavy (non-hydrogen) atoms. The minimum atomic E-state index is -0.241. The van der Waals surface area contributed by atoms with Crippen LogP contribution in [0.5, 0.6) is 0 Å². The van der Waals surface area contributed by atoms with Gasteiger partial charge in [0.05, 0.1) is 19.6 Å². The molecule has 2 atom stereocenters. The maximum Gasteiger partial charge on any atom is 0.306 e. The quantitative estimate of drug-likeness (QED) is 0.530. The van der Waals surface area contributed by atoms with Crippen molar-refractivity contribution in [2.75, 3.05) is 7.11 Å². The van der Waals surface area contributed by atoms with E-state index in [2.05, 4.69) is 4.74 Å². The smallest absolute Gasteiger partial charge is 0.306 e. The average Bonchev–Trinajstić information content (AvgIpc) is 2.51. The molecule has 0 aromatic heterocycles. The minimum Gasteiger partial charge on any atom is -0.469 e. The number of rotatable bonds is 3. The summed E-state index contributed by atoms with van der Waals surface area (Å²) < 4.78 is 4.58. The van der Waals surface area contributed by atoms with Crippen LogP contribution < -0.4 is 0 Å². The third-order valence-electron chi connectivity index (χ3n) is 2.46.